The predicted octanol–water partition coefficient (Wildman–Crippen LogP) is 0.183. The SMILES string of the molecule is NC1CCN(C(=O)Cc2ncc(I)cn2)C1. The van der Waals surface area contributed by atoms with Crippen molar-refractivity contribution in [1.29, 1.82) is 0 Å². The Bertz CT molecular complexity index is 381. The Morgan fingerprint density at radius 3 is 2.81 bits per heavy atom. The molecule has 0 radical (unpaired) electrons. The lowest BCUT2D eigenvalue weighted by atomic mass is 10.3. The zero-order valence-corrected chi connectivity index (χ0v) is 10.9. The lowest BCUT2D eigenvalue weighted by Gasteiger charge is -2.14. The molecule has 1 aromatic heterocycles. The highest BCUT2D eigenvalue weighted by molar-refractivity contribution is 14.1. The first-order valence-electron chi connectivity index (χ1n) is 5.15. The van der Waals surface area contributed by atoms with E-state index in [1.54, 1.807) is 17.3 Å². The van der Waals surface area contributed by atoms with Crippen molar-refractivity contribution in [3.63, 3.8) is 0 Å². The first kappa shape index (κ1) is 11.7. The Morgan fingerprint density at radius 1 is 1.56 bits per heavy atom. The minimum absolute atomic E-state index is 0.0640. The first-order valence-corrected chi connectivity index (χ1v) is 6.23. The van der Waals surface area contributed by atoms with Gasteiger partial charge in [-0.25, -0.2) is 9.97 Å². The number of nitrogens with zero attached hydrogens (tertiary/aromatic N) is 3. The number of nitrogens with two attached hydrogens (primary N) is 1. The number of likely N-dealkylation sites (tertiary alicyclic amines) is 1. The molecule has 0 saturated carbocycles. The zero-order valence-electron chi connectivity index (χ0n) is 8.77. The Hall–Kier alpha value is -0.760. The summed E-state index contributed by atoms with van der Waals surface area (Å²) in [6.07, 6.45) is 4.58. The largest absolute Gasteiger partial charge is 0.341 e. The standard InChI is InChI=1S/C10H13IN4O/c11-7-4-13-9(14-5-7)3-10(16)15-2-1-8(12)6-15/h4-5,8H,1-3,6,12H2. The van der Waals surface area contributed by atoms with Crippen LogP contribution in [-0.4, -0.2) is 39.9 Å². The van der Waals surface area contributed by atoms with Gasteiger partial charge in [-0.1, -0.05) is 0 Å². The quantitative estimate of drug-likeness (QED) is 0.785. The van der Waals surface area contributed by atoms with Crippen molar-refractivity contribution >= 4 is 28.5 Å². The average Bonchev–Trinajstić information content (AvgIpc) is 2.68. The van der Waals surface area contributed by atoms with Gasteiger partial charge < -0.3 is 10.6 Å². The van der Waals surface area contributed by atoms with Gasteiger partial charge in [-0.2, -0.15) is 0 Å². The highest BCUT2D eigenvalue weighted by Crippen LogP contribution is 2.09. The van der Waals surface area contributed by atoms with Gasteiger partial charge >= 0.3 is 0 Å². The van der Waals surface area contributed by atoms with Crippen molar-refractivity contribution in [2.24, 2.45) is 5.73 Å². The molecular weight excluding hydrogens is 319 g/mol. The molecule has 1 saturated heterocycles. The first-order chi connectivity index (χ1) is 7.65. The van der Waals surface area contributed by atoms with Gasteiger partial charge in [0.25, 0.3) is 0 Å². The molecule has 2 rings (SSSR count). The molecule has 1 aliphatic heterocycles. The molecule has 2 N–H and O–H groups in total. The third kappa shape index (κ3) is 2.88. The van der Waals surface area contributed by atoms with Crippen LogP contribution >= 0.6 is 22.6 Å². The molecule has 16 heavy (non-hydrogen) atoms. The van der Waals surface area contributed by atoms with E-state index in [2.05, 4.69) is 32.6 Å². The number of carbonyl (C=O) groups is 1. The van der Waals surface area contributed by atoms with Crippen molar-refractivity contribution < 1.29 is 4.79 Å². The van der Waals surface area contributed by atoms with E-state index in [0.717, 1.165) is 16.5 Å². The molecule has 0 spiro atoms. The summed E-state index contributed by atoms with van der Waals surface area (Å²) < 4.78 is 0.969. The molecule has 1 unspecified atom stereocenters. The number of aromatic nitrogens is 2. The Balaban J connectivity index is 1.94. The normalized spacial score (nSPS) is 20.1. The summed E-state index contributed by atoms with van der Waals surface area (Å²) in [6, 6.07) is 0.126. The molecule has 1 atom stereocenters. The molecule has 0 bridgehead atoms. The van der Waals surface area contributed by atoms with E-state index < -0.39 is 0 Å². The van der Waals surface area contributed by atoms with Crippen LogP contribution < -0.4 is 5.73 Å². The van der Waals surface area contributed by atoms with Gasteiger partial charge in [0.2, 0.25) is 5.91 Å². The number of carbonyl (C=O) groups excluding carboxylic acids is 1. The van der Waals surface area contributed by atoms with E-state index in [9.17, 15) is 4.79 Å². The molecule has 86 valence electrons. The van der Waals surface area contributed by atoms with Crippen LogP contribution in [0.5, 0.6) is 0 Å². The lowest BCUT2D eigenvalue weighted by Crippen LogP contribution is -2.33. The van der Waals surface area contributed by atoms with Gasteiger partial charge in [-0.15, -0.1) is 0 Å². The summed E-state index contributed by atoms with van der Waals surface area (Å²) in [4.78, 5) is 21.8. The van der Waals surface area contributed by atoms with Crippen LogP contribution in [0.15, 0.2) is 12.4 Å². The van der Waals surface area contributed by atoms with Crippen LogP contribution in [0.25, 0.3) is 0 Å². The third-order valence-corrected chi connectivity index (χ3v) is 3.12. The van der Waals surface area contributed by atoms with Gasteiger partial charge in [0.1, 0.15) is 5.82 Å². The van der Waals surface area contributed by atoms with E-state index in [4.69, 9.17) is 5.73 Å². The van der Waals surface area contributed by atoms with Crippen LogP contribution in [-0.2, 0) is 11.2 Å². The summed E-state index contributed by atoms with van der Waals surface area (Å²) in [7, 11) is 0. The molecule has 0 aliphatic carbocycles. The van der Waals surface area contributed by atoms with Gasteiger partial charge in [0, 0.05) is 35.1 Å². The summed E-state index contributed by atoms with van der Waals surface area (Å²) in [5.41, 5.74) is 5.75. The molecule has 1 amide bonds. The molecule has 0 aromatic carbocycles. The summed E-state index contributed by atoms with van der Waals surface area (Å²) >= 11 is 2.13. The molecule has 2 heterocycles. The predicted molar refractivity (Wildman–Crippen MR) is 67.6 cm³/mol. The van der Waals surface area contributed by atoms with Gasteiger partial charge in [0.15, 0.2) is 0 Å². The smallest absolute Gasteiger partial charge is 0.230 e. The summed E-state index contributed by atoms with van der Waals surface area (Å²) in [5, 5.41) is 0. The Kier molecular flexibility index (Phi) is 3.70. The fourth-order valence-corrected chi connectivity index (χ4v) is 1.97. The molecular formula is C10H13IN4O. The van der Waals surface area contributed by atoms with Gasteiger partial charge in [-0.05, 0) is 29.0 Å². The molecule has 1 aromatic rings. The van der Waals surface area contributed by atoms with E-state index in [-0.39, 0.29) is 18.4 Å². The van der Waals surface area contributed by atoms with Crippen molar-refractivity contribution in [2.45, 2.75) is 18.9 Å². The maximum absolute atomic E-state index is 11.8. The van der Waals surface area contributed by atoms with Crippen LogP contribution in [0.1, 0.15) is 12.2 Å². The highest BCUT2D eigenvalue weighted by Gasteiger charge is 2.23. The van der Waals surface area contributed by atoms with Crippen LogP contribution in [0, 0.1) is 3.57 Å². The Morgan fingerprint density at radius 2 is 2.25 bits per heavy atom. The average molecular weight is 332 g/mol. The lowest BCUT2D eigenvalue weighted by molar-refractivity contribution is -0.129. The van der Waals surface area contributed by atoms with Gasteiger partial charge in [0.05, 0.1) is 6.42 Å². The van der Waals surface area contributed by atoms with Crippen molar-refractivity contribution in [3.8, 4) is 0 Å². The second-order valence-corrected chi connectivity index (χ2v) is 5.13. The van der Waals surface area contributed by atoms with Crippen LogP contribution in [0.2, 0.25) is 0 Å². The number of rotatable bonds is 2. The molecule has 1 fully saturated rings. The minimum atomic E-state index is 0.0640. The number of amides is 1. The van der Waals surface area contributed by atoms with Crippen molar-refractivity contribution in [2.75, 3.05) is 13.1 Å². The fraction of sp³-hybridized carbons (Fsp3) is 0.500. The highest BCUT2D eigenvalue weighted by atomic mass is 127. The maximum Gasteiger partial charge on any atom is 0.230 e. The van der Waals surface area contributed by atoms with Crippen LogP contribution in [0.4, 0.5) is 0 Å². The minimum Gasteiger partial charge on any atom is -0.341 e. The molecule has 5 nitrogen and oxygen atoms in total. The van der Waals surface area contributed by atoms with E-state index >= 15 is 0 Å². The van der Waals surface area contributed by atoms with E-state index in [1.165, 1.54) is 0 Å². The van der Waals surface area contributed by atoms with Crippen molar-refractivity contribution in [3.05, 3.63) is 21.8 Å². The summed E-state index contributed by atoms with van der Waals surface area (Å²) in [6.45, 7) is 1.41. The van der Waals surface area contributed by atoms with Crippen LogP contribution in [0.3, 0.4) is 0 Å². The summed E-state index contributed by atoms with van der Waals surface area (Å²) in [5.74, 6) is 0.639. The topological polar surface area (TPSA) is 72.1 Å². The maximum atomic E-state index is 11.8. The number of halogens is 1. The zero-order chi connectivity index (χ0) is 11.5. The second kappa shape index (κ2) is 5.05. The monoisotopic (exact) mass is 332 g/mol. The van der Waals surface area contributed by atoms with E-state index in [0.29, 0.717) is 12.4 Å². The molecule has 6 heteroatoms. The number of hydrogen-bond acceptors (Lipinski definition) is 4. The van der Waals surface area contributed by atoms with Crippen molar-refractivity contribution in [1.82, 2.24) is 14.9 Å². The number of hydrogen-bond donors (Lipinski definition) is 1. The van der Waals surface area contributed by atoms with Gasteiger partial charge in [-0.3, -0.25) is 4.79 Å². The second-order valence-electron chi connectivity index (χ2n) is 3.88. The van der Waals surface area contributed by atoms with E-state index in [1.807, 2.05) is 0 Å². The molecule has 1 aliphatic rings. The Labute approximate surface area is 108 Å². The third-order valence-electron chi connectivity index (χ3n) is 2.56. The fourth-order valence-electron chi connectivity index (χ4n) is 1.69.